The Morgan fingerprint density at radius 2 is 1.68 bits per heavy atom. The number of aliphatic hydroxyl groups excluding tert-OH is 1. The van der Waals surface area contributed by atoms with Gasteiger partial charge in [0, 0.05) is 35.9 Å². The molecule has 3 aliphatic rings. The highest BCUT2D eigenvalue weighted by molar-refractivity contribution is 6.25. The summed E-state index contributed by atoms with van der Waals surface area (Å²) < 4.78 is 16.5. The normalized spacial score (nSPS) is 21.5. The van der Waals surface area contributed by atoms with Crippen LogP contribution in [0.25, 0.3) is 10.8 Å². The number of carbonyl (C=O) groups is 2. The minimum absolute atomic E-state index is 0.195. The predicted molar refractivity (Wildman–Crippen MR) is 136 cm³/mol. The van der Waals surface area contributed by atoms with E-state index in [1.165, 1.54) is 9.80 Å². The maximum atomic E-state index is 13.2. The molecular formula is C29H31N2O6+. The highest BCUT2D eigenvalue weighted by Crippen LogP contribution is 2.33. The topological polar surface area (TPSA) is 89.7 Å². The van der Waals surface area contributed by atoms with Gasteiger partial charge in [0.25, 0.3) is 11.8 Å². The third kappa shape index (κ3) is 4.80. The van der Waals surface area contributed by atoms with Crippen LogP contribution in [0, 0.1) is 5.92 Å². The van der Waals surface area contributed by atoms with Crippen molar-refractivity contribution in [3.63, 3.8) is 0 Å². The molecule has 1 fully saturated rings. The molecule has 1 saturated heterocycles. The van der Waals surface area contributed by atoms with E-state index in [-0.39, 0.29) is 31.1 Å². The van der Waals surface area contributed by atoms with E-state index in [0.29, 0.717) is 30.8 Å². The lowest BCUT2D eigenvalue weighted by Crippen LogP contribution is -3.14. The quantitative estimate of drug-likeness (QED) is 0.458. The number of quaternary nitrogens is 1. The van der Waals surface area contributed by atoms with Crippen molar-refractivity contribution in [2.75, 3.05) is 39.6 Å². The Morgan fingerprint density at radius 3 is 2.41 bits per heavy atom. The number of amides is 2. The number of fused-ring (bicyclic) bond motifs is 1. The molecule has 192 valence electrons. The molecule has 0 spiro atoms. The number of aliphatic hydroxyl groups is 1. The van der Waals surface area contributed by atoms with E-state index >= 15 is 0 Å². The third-order valence-corrected chi connectivity index (χ3v) is 7.65. The smallest absolute Gasteiger partial charge is 0.261 e. The van der Waals surface area contributed by atoms with Gasteiger partial charge < -0.3 is 24.2 Å². The van der Waals surface area contributed by atoms with E-state index in [1.807, 2.05) is 54.6 Å². The molecule has 1 atom stereocenters. The summed E-state index contributed by atoms with van der Waals surface area (Å²) in [4.78, 5) is 29.1. The van der Waals surface area contributed by atoms with Gasteiger partial charge in [0.1, 0.15) is 12.6 Å². The lowest BCUT2D eigenvalue weighted by atomic mass is 9.91. The van der Waals surface area contributed by atoms with Crippen LogP contribution in [0.3, 0.4) is 0 Å². The number of hydrogen-bond acceptors (Lipinski definition) is 6. The number of likely N-dealkylation sites (tertiary alicyclic amines) is 1. The van der Waals surface area contributed by atoms with Gasteiger partial charge in [0.05, 0.1) is 26.3 Å². The van der Waals surface area contributed by atoms with Crippen molar-refractivity contribution >= 4 is 22.6 Å². The molecule has 37 heavy (non-hydrogen) atoms. The molecule has 2 amide bonds. The summed E-state index contributed by atoms with van der Waals surface area (Å²) in [7, 11) is 0. The van der Waals surface area contributed by atoms with Crippen molar-refractivity contribution in [1.82, 2.24) is 4.90 Å². The second-order valence-corrected chi connectivity index (χ2v) is 10.2. The number of nitrogens with one attached hydrogen (secondary N) is 1. The molecule has 2 N–H and O–H groups in total. The van der Waals surface area contributed by atoms with Crippen LogP contribution >= 0.6 is 0 Å². The van der Waals surface area contributed by atoms with Crippen molar-refractivity contribution in [2.45, 2.75) is 25.6 Å². The zero-order chi connectivity index (χ0) is 25.4. The van der Waals surface area contributed by atoms with Gasteiger partial charge in [-0.1, -0.05) is 30.3 Å². The van der Waals surface area contributed by atoms with Crippen molar-refractivity contribution in [2.24, 2.45) is 5.92 Å². The van der Waals surface area contributed by atoms with Crippen LogP contribution in [-0.4, -0.2) is 67.5 Å². The second-order valence-electron chi connectivity index (χ2n) is 10.2. The van der Waals surface area contributed by atoms with Gasteiger partial charge in [-0.3, -0.25) is 14.5 Å². The minimum atomic E-state index is -0.553. The van der Waals surface area contributed by atoms with Crippen LogP contribution < -0.4 is 14.4 Å². The Balaban J connectivity index is 0.975. The number of benzene rings is 3. The summed E-state index contributed by atoms with van der Waals surface area (Å²) in [6.45, 7) is 3.76. The number of piperidine rings is 1. The van der Waals surface area contributed by atoms with E-state index in [2.05, 4.69) is 0 Å². The Hall–Kier alpha value is -3.46. The minimum Gasteiger partial charge on any atom is -0.454 e. The van der Waals surface area contributed by atoms with Crippen LogP contribution in [0.2, 0.25) is 0 Å². The van der Waals surface area contributed by atoms with Gasteiger partial charge in [-0.15, -0.1) is 0 Å². The number of nitrogens with zero attached hydrogens (tertiary/aromatic N) is 1. The first kappa shape index (κ1) is 23.9. The van der Waals surface area contributed by atoms with Gasteiger partial charge in [-0.25, -0.2) is 0 Å². The predicted octanol–water partition coefficient (Wildman–Crippen LogP) is 2.04. The van der Waals surface area contributed by atoms with Gasteiger partial charge in [0.15, 0.2) is 11.5 Å². The van der Waals surface area contributed by atoms with Crippen molar-refractivity contribution in [1.29, 1.82) is 0 Å². The fraction of sp³-hybridized carbons (Fsp3) is 0.379. The van der Waals surface area contributed by atoms with Crippen molar-refractivity contribution in [3.8, 4) is 11.5 Å². The molecule has 0 unspecified atom stereocenters. The molecule has 3 heterocycles. The Morgan fingerprint density at radius 1 is 0.973 bits per heavy atom. The Kier molecular flexibility index (Phi) is 6.54. The standard InChI is InChI=1S/C29H30N2O6/c32-22(17-35-16-20-7-8-25-26(13-20)37-18-36-25)15-30-11-9-19(10-12-30)14-31-28(33)23-5-1-3-21-4-2-6-24(27(21)23)29(31)34/h1-8,13,19,22,32H,9-12,14-18H2/p+1/t22-/m1/s1. The third-order valence-electron chi connectivity index (χ3n) is 7.65. The molecule has 3 aromatic rings. The highest BCUT2D eigenvalue weighted by atomic mass is 16.7. The molecular weight excluding hydrogens is 472 g/mol. The maximum absolute atomic E-state index is 13.2. The van der Waals surface area contributed by atoms with Crippen LogP contribution in [0.5, 0.6) is 11.5 Å². The molecule has 0 saturated carbocycles. The van der Waals surface area contributed by atoms with Crippen LogP contribution in [0.1, 0.15) is 39.1 Å². The average molecular weight is 504 g/mol. The number of imide groups is 1. The number of ether oxygens (including phenoxy) is 3. The van der Waals surface area contributed by atoms with E-state index < -0.39 is 6.10 Å². The van der Waals surface area contributed by atoms with Gasteiger partial charge in [-0.2, -0.15) is 0 Å². The monoisotopic (exact) mass is 503 g/mol. The summed E-state index contributed by atoms with van der Waals surface area (Å²) in [6, 6.07) is 17.0. The van der Waals surface area contributed by atoms with Gasteiger partial charge in [-0.05, 0) is 41.1 Å². The van der Waals surface area contributed by atoms with E-state index in [4.69, 9.17) is 14.2 Å². The first-order chi connectivity index (χ1) is 18.1. The number of hydrogen-bond donors (Lipinski definition) is 2. The summed E-state index contributed by atoms with van der Waals surface area (Å²) in [5.74, 6) is 1.34. The zero-order valence-electron chi connectivity index (χ0n) is 20.7. The van der Waals surface area contributed by atoms with Crippen LogP contribution in [-0.2, 0) is 11.3 Å². The molecule has 3 aromatic carbocycles. The Bertz CT molecular complexity index is 1280. The first-order valence-corrected chi connectivity index (χ1v) is 12.9. The van der Waals surface area contributed by atoms with Gasteiger partial charge in [0.2, 0.25) is 6.79 Å². The lowest BCUT2D eigenvalue weighted by Gasteiger charge is -2.34. The SMILES string of the molecule is O=C1c2cccc3cccc(c23)C(=O)N1CC1CC[NH+](C[C@@H](O)COCc2ccc3c(c2)OCO3)CC1. The maximum Gasteiger partial charge on any atom is 0.261 e. The number of carbonyl (C=O) groups excluding carboxylic acids is 2. The summed E-state index contributed by atoms with van der Waals surface area (Å²) >= 11 is 0. The molecule has 8 heteroatoms. The number of rotatable bonds is 8. The lowest BCUT2D eigenvalue weighted by molar-refractivity contribution is -0.909. The van der Waals surface area contributed by atoms with E-state index in [9.17, 15) is 14.7 Å². The van der Waals surface area contributed by atoms with Crippen LogP contribution in [0.15, 0.2) is 54.6 Å². The fourth-order valence-electron chi connectivity index (χ4n) is 5.71. The average Bonchev–Trinajstić information content (AvgIpc) is 3.39. The second kappa shape index (κ2) is 10.1. The van der Waals surface area contributed by atoms with Gasteiger partial charge >= 0.3 is 0 Å². The summed E-state index contributed by atoms with van der Waals surface area (Å²) in [6.07, 6.45) is 1.26. The summed E-state index contributed by atoms with van der Waals surface area (Å²) in [5, 5.41) is 12.2. The molecule has 6 rings (SSSR count). The molecule has 0 radical (unpaired) electrons. The molecule has 0 aromatic heterocycles. The summed E-state index contributed by atoms with van der Waals surface area (Å²) in [5.41, 5.74) is 2.20. The first-order valence-electron chi connectivity index (χ1n) is 12.9. The largest absolute Gasteiger partial charge is 0.454 e. The molecule has 0 aliphatic carbocycles. The van der Waals surface area contributed by atoms with Crippen molar-refractivity contribution < 1.29 is 33.8 Å². The van der Waals surface area contributed by atoms with Crippen molar-refractivity contribution in [3.05, 3.63) is 71.3 Å². The van der Waals surface area contributed by atoms with E-state index in [1.54, 1.807) is 0 Å². The molecule has 8 nitrogen and oxygen atoms in total. The molecule has 0 bridgehead atoms. The van der Waals surface area contributed by atoms with Crippen LogP contribution in [0.4, 0.5) is 0 Å². The van der Waals surface area contributed by atoms with E-state index in [0.717, 1.165) is 53.8 Å². The Labute approximate surface area is 215 Å². The fourth-order valence-corrected chi connectivity index (χ4v) is 5.71. The highest BCUT2D eigenvalue weighted by Gasteiger charge is 2.35. The molecule has 3 aliphatic heterocycles. The zero-order valence-corrected chi connectivity index (χ0v) is 20.7.